The molecule has 21 heavy (non-hydrogen) atoms. The van der Waals surface area contributed by atoms with Crippen molar-refractivity contribution in [2.75, 3.05) is 0 Å². The summed E-state index contributed by atoms with van der Waals surface area (Å²) < 4.78 is 6.06. The summed E-state index contributed by atoms with van der Waals surface area (Å²) in [6, 6.07) is 14.6. The molecule has 0 saturated carbocycles. The number of hydrogen-bond acceptors (Lipinski definition) is 2. The molecule has 112 valence electrons. The van der Waals surface area contributed by atoms with Crippen LogP contribution in [0.15, 0.2) is 42.5 Å². The van der Waals surface area contributed by atoms with E-state index in [1.54, 1.807) is 0 Å². The molecule has 0 atom stereocenters. The molecule has 2 nitrogen and oxygen atoms in total. The lowest BCUT2D eigenvalue weighted by atomic mass is 9.85. The number of ether oxygens (including phenoxy) is 1. The van der Waals surface area contributed by atoms with Crippen LogP contribution in [0.4, 0.5) is 0 Å². The number of hydrogen-bond donors (Lipinski definition) is 1. The lowest BCUT2D eigenvalue weighted by Crippen LogP contribution is -2.13. The van der Waals surface area contributed by atoms with Gasteiger partial charge in [-0.2, -0.15) is 0 Å². The van der Waals surface area contributed by atoms with E-state index >= 15 is 0 Å². The number of aryl methyl sites for hydroxylation is 1. The van der Waals surface area contributed by atoms with Crippen molar-refractivity contribution in [2.45, 2.75) is 46.3 Å². The Kier molecular flexibility index (Phi) is 4.69. The van der Waals surface area contributed by atoms with Gasteiger partial charge in [0.2, 0.25) is 0 Å². The molecule has 0 aliphatic carbocycles. The van der Waals surface area contributed by atoms with Gasteiger partial charge in [-0.25, -0.2) is 0 Å². The molecule has 0 spiro atoms. The van der Waals surface area contributed by atoms with Gasteiger partial charge in [-0.15, -0.1) is 0 Å². The molecule has 0 aliphatic heterocycles. The Morgan fingerprint density at radius 1 is 1.00 bits per heavy atom. The second-order valence-electron chi connectivity index (χ2n) is 6.56. The van der Waals surface area contributed by atoms with Gasteiger partial charge in [0.15, 0.2) is 0 Å². The van der Waals surface area contributed by atoms with Crippen LogP contribution < -0.4 is 10.5 Å². The zero-order valence-corrected chi connectivity index (χ0v) is 13.4. The summed E-state index contributed by atoms with van der Waals surface area (Å²) in [6.07, 6.45) is 0. The zero-order valence-electron chi connectivity index (χ0n) is 13.4. The van der Waals surface area contributed by atoms with E-state index in [-0.39, 0.29) is 5.41 Å². The average molecular weight is 283 g/mol. The third kappa shape index (κ3) is 4.08. The van der Waals surface area contributed by atoms with Gasteiger partial charge >= 0.3 is 0 Å². The van der Waals surface area contributed by atoms with E-state index in [1.165, 1.54) is 11.1 Å². The summed E-state index contributed by atoms with van der Waals surface area (Å²) in [6.45, 7) is 9.88. The highest BCUT2D eigenvalue weighted by molar-refractivity contribution is 5.41. The largest absolute Gasteiger partial charge is 0.489 e. The summed E-state index contributed by atoms with van der Waals surface area (Å²) in [5.41, 5.74) is 10.5. The SMILES string of the molecule is Cc1ccc(OCc2cccc(CN)c2)c(C(C)(C)C)c1. The van der Waals surface area contributed by atoms with Gasteiger partial charge in [-0.3, -0.25) is 0 Å². The van der Waals surface area contributed by atoms with E-state index in [9.17, 15) is 0 Å². The lowest BCUT2D eigenvalue weighted by molar-refractivity contribution is 0.297. The van der Waals surface area contributed by atoms with Crippen molar-refractivity contribution in [2.24, 2.45) is 5.73 Å². The quantitative estimate of drug-likeness (QED) is 0.906. The molecule has 2 aromatic carbocycles. The maximum atomic E-state index is 6.06. The molecule has 0 amide bonds. The minimum atomic E-state index is 0.0699. The van der Waals surface area contributed by atoms with Crippen LogP contribution in [0.5, 0.6) is 5.75 Å². The van der Waals surface area contributed by atoms with Crippen LogP contribution >= 0.6 is 0 Å². The molecule has 0 heterocycles. The Morgan fingerprint density at radius 2 is 1.71 bits per heavy atom. The molecule has 2 aromatic rings. The standard InChI is InChI=1S/C19H25NO/c1-14-8-9-18(17(10-14)19(2,3)4)21-13-16-7-5-6-15(11-16)12-20/h5-11H,12-13,20H2,1-4H3. The van der Waals surface area contributed by atoms with E-state index in [1.807, 2.05) is 12.1 Å². The highest BCUT2D eigenvalue weighted by Crippen LogP contribution is 2.32. The van der Waals surface area contributed by atoms with Gasteiger partial charge in [0.25, 0.3) is 0 Å². The topological polar surface area (TPSA) is 35.2 Å². The van der Waals surface area contributed by atoms with Crippen LogP contribution in [0.25, 0.3) is 0 Å². The highest BCUT2D eigenvalue weighted by Gasteiger charge is 2.19. The van der Waals surface area contributed by atoms with Crippen LogP contribution in [0.2, 0.25) is 0 Å². The van der Waals surface area contributed by atoms with Crippen LogP contribution in [0, 0.1) is 6.92 Å². The molecule has 0 aliphatic rings. The van der Waals surface area contributed by atoms with E-state index in [4.69, 9.17) is 10.5 Å². The number of rotatable bonds is 4. The Hall–Kier alpha value is -1.80. The fourth-order valence-corrected chi connectivity index (χ4v) is 2.36. The molecule has 0 radical (unpaired) electrons. The first-order valence-electron chi connectivity index (χ1n) is 7.42. The van der Waals surface area contributed by atoms with Gasteiger partial charge in [0, 0.05) is 6.54 Å². The maximum Gasteiger partial charge on any atom is 0.123 e. The van der Waals surface area contributed by atoms with Crippen molar-refractivity contribution in [1.82, 2.24) is 0 Å². The minimum Gasteiger partial charge on any atom is -0.489 e. The van der Waals surface area contributed by atoms with Crippen LogP contribution in [0.1, 0.15) is 43.0 Å². The van der Waals surface area contributed by atoms with Crippen LogP contribution in [-0.4, -0.2) is 0 Å². The van der Waals surface area contributed by atoms with Crippen molar-refractivity contribution in [3.05, 3.63) is 64.7 Å². The molecule has 0 saturated heterocycles. The first-order chi connectivity index (χ1) is 9.90. The summed E-state index contributed by atoms with van der Waals surface area (Å²) in [7, 11) is 0. The van der Waals surface area contributed by atoms with Crippen molar-refractivity contribution >= 4 is 0 Å². The summed E-state index contributed by atoms with van der Waals surface area (Å²) in [5.74, 6) is 0.964. The minimum absolute atomic E-state index is 0.0699. The first-order valence-corrected chi connectivity index (χ1v) is 7.42. The van der Waals surface area contributed by atoms with Crippen LogP contribution in [0.3, 0.4) is 0 Å². The average Bonchev–Trinajstić information content (AvgIpc) is 2.45. The summed E-state index contributed by atoms with van der Waals surface area (Å²) >= 11 is 0. The fourth-order valence-electron chi connectivity index (χ4n) is 2.36. The molecule has 2 heteroatoms. The van der Waals surface area contributed by atoms with Gasteiger partial charge in [-0.1, -0.05) is 62.7 Å². The molecular weight excluding hydrogens is 258 g/mol. The predicted octanol–water partition coefficient (Wildman–Crippen LogP) is 4.33. The third-order valence-corrected chi connectivity index (χ3v) is 3.56. The fraction of sp³-hybridized carbons (Fsp3) is 0.368. The Bertz CT molecular complexity index is 611. The van der Waals surface area contributed by atoms with Crippen molar-refractivity contribution in [1.29, 1.82) is 0 Å². The van der Waals surface area contributed by atoms with Gasteiger partial charge < -0.3 is 10.5 Å². The molecular formula is C19H25NO. The predicted molar refractivity (Wildman–Crippen MR) is 88.5 cm³/mol. The van der Waals surface area contributed by atoms with Crippen molar-refractivity contribution < 1.29 is 4.74 Å². The number of benzene rings is 2. The molecule has 0 unspecified atom stereocenters. The van der Waals surface area contributed by atoms with E-state index in [2.05, 4.69) is 58.0 Å². The number of nitrogens with two attached hydrogens (primary N) is 1. The molecule has 2 rings (SSSR count). The lowest BCUT2D eigenvalue weighted by Gasteiger charge is -2.23. The highest BCUT2D eigenvalue weighted by atomic mass is 16.5. The Labute approximate surface area is 127 Å². The van der Waals surface area contributed by atoms with Gasteiger partial charge in [0.1, 0.15) is 12.4 Å². The maximum absolute atomic E-state index is 6.06. The van der Waals surface area contributed by atoms with Gasteiger partial charge in [-0.05, 0) is 35.1 Å². The smallest absolute Gasteiger partial charge is 0.123 e. The Morgan fingerprint density at radius 3 is 2.38 bits per heavy atom. The summed E-state index contributed by atoms with van der Waals surface area (Å²) in [4.78, 5) is 0. The normalized spacial score (nSPS) is 11.5. The van der Waals surface area contributed by atoms with E-state index in [0.29, 0.717) is 13.2 Å². The summed E-state index contributed by atoms with van der Waals surface area (Å²) in [5, 5.41) is 0. The van der Waals surface area contributed by atoms with E-state index in [0.717, 1.165) is 16.9 Å². The van der Waals surface area contributed by atoms with Crippen molar-refractivity contribution in [3.8, 4) is 5.75 Å². The van der Waals surface area contributed by atoms with Crippen LogP contribution in [-0.2, 0) is 18.6 Å². The molecule has 0 aromatic heterocycles. The first kappa shape index (κ1) is 15.6. The molecule has 2 N–H and O–H groups in total. The third-order valence-electron chi connectivity index (χ3n) is 3.56. The van der Waals surface area contributed by atoms with Crippen molar-refractivity contribution in [3.63, 3.8) is 0 Å². The molecule has 0 bridgehead atoms. The zero-order chi connectivity index (χ0) is 15.5. The van der Waals surface area contributed by atoms with E-state index < -0.39 is 0 Å². The second-order valence-corrected chi connectivity index (χ2v) is 6.56. The Balaban J connectivity index is 2.20. The molecule has 0 fully saturated rings. The second kappa shape index (κ2) is 6.31. The van der Waals surface area contributed by atoms with Gasteiger partial charge in [0.05, 0.1) is 0 Å². The monoisotopic (exact) mass is 283 g/mol.